The maximum Gasteiger partial charge on any atom is 0.147 e. The van der Waals surface area contributed by atoms with E-state index in [0.29, 0.717) is 12.2 Å². The third-order valence-corrected chi connectivity index (χ3v) is 2.69. The molecule has 2 rings (SSSR count). The topological polar surface area (TPSA) is 42.7 Å². The van der Waals surface area contributed by atoms with Gasteiger partial charge < -0.3 is 5.32 Å². The van der Waals surface area contributed by atoms with Crippen molar-refractivity contribution in [2.24, 2.45) is 7.05 Å². The average Bonchev–Trinajstić information content (AvgIpc) is 2.63. The molecular weight excluding hydrogens is 275 g/mol. The van der Waals surface area contributed by atoms with Crippen LogP contribution in [-0.4, -0.2) is 15.0 Å². The number of rotatable bonds is 3. The smallest absolute Gasteiger partial charge is 0.147 e. The van der Waals surface area contributed by atoms with Gasteiger partial charge in [-0.05, 0) is 18.2 Å². The predicted molar refractivity (Wildman–Crippen MR) is 62.4 cm³/mol. The highest BCUT2D eigenvalue weighted by Crippen LogP contribution is 2.19. The van der Waals surface area contributed by atoms with Crippen LogP contribution in [0.2, 0.25) is 0 Å². The zero-order valence-corrected chi connectivity index (χ0v) is 10.2. The highest BCUT2D eigenvalue weighted by molar-refractivity contribution is 9.10. The van der Waals surface area contributed by atoms with Crippen LogP contribution in [0.4, 0.5) is 10.1 Å². The number of nitrogens with one attached hydrogen (secondary N) is 1. The summed E-state index contributed by atoms with van der Waals surface area (Å²) in [5.74, 6) is -0.287. The van der Waals surface area contributed by atoms with E-state index in [1.165, 1.54) is 6.07 Å². The van der Waals surface area contributed by atoms with E-state index in [1.807, 2.05) is 0 Å². The third kappa shape index (κ3) is 2.38. The molecule has 0 amide bonds. The van der Waals surface area contributed by atoms with Gasteiger partial charge in [-0.25, -0.2) is 4.39 Å². The lowest BCUT2D eigenvalue weighted by molar-refractivity contribution is 0.627. The Morgan fingerprint density at radius 2 is 2.31 bits per heavy atom. The first-order chi connectivity index (χ1) is 7.66. The van der Waals surface area contributed by atoms with Crippen molar-refractivity contribution < 1.29 is 4.39 Å². The van der Waals surface area contributed by atoms with Crippen LogP contribution < -0.4 is 5.32 Å². The van der Waals surface area contributed by atoms with Gasteiger partial charge in [0.1, 0.15) is 5.82 Å². The van der Waals surface area contributed by atoms with E-state index < -0.39 is 0 Å². The van der Waals surface area contributed by atoms with Crippen LogP contribution >= 0.6 is 15.9 Å². The van der Waals surface area contributed by atoms with Crippen LogP contribution in [0.3, 0.4) is 0 Å². The molecule has 0 bridgehead atoms. The van der Waals surface area contributed by atoms with E-state index in [1.54, 1.807) is 30.1 Å². The minimum Gasteiger partial charge on any atom is -0.377 e. The zero-order chi connectivity index (χ0) is 11.5. The monoisotopic (exact) mass is 284 g/mol. The molecule has 6 heteroatoms. The maximum absolute atomic E-state index is 13.4. The maximum atomic E-state index is 13.4. The molecule has 0 atom stereocenters. The molecule has 4 nitrogen and oxygen atoms in total. The molecule has 1 heterocycles. The molecule has 16 heavy (non-hydrogen) atoms. The highest BCUT2D eigenvalue weighted by Gasteiger charge is 2.04. The van der Waals surface area contributed by atoms with E-state index in [2.05, 4.69) is 31.6 Å². The van der Waals surface area contributed by atoms with Gasteiger partial charge in [0, 0.05) is 11.5 Å². The lowest BCUT2D eigenvalue weighted by Crippen LogP contribution is -2.06. The van der Waals surface area contributed by atoms with E-state index in [-0.39, 0.29) is 5.82 Å². The fourth-order valence-electron chi connectivity index (χ4n) is 1.29. The number of benzene rings is 1. The lowest BCUT2D eigenvalue weighted by atomic mass is 10.3. The van der Waals surface area contributed by atoms with Crippen molar-refractivity contribution in [3.05, 3.63) is 40.4 Å². The van der Waals surface area contributed by atoms with Gasteiger partial charge in [0.05, 0.1) is 24.1 Å². The molecule has 0 spiro atoms. The van der Waals surface area contributed by atoms with Gasteiger partial charge in [-0.2, -0.15) is 0 Å². The zero-order valence-electron chi connectivity index (χ0n) is 8.61. The Labute approximate surface area is 101 Å². The van der Waals surface area contributed by atoms with Gasteiger partial charge in [-0.15, -0.1) is 5.10 Å². The fourth-order valence-corrected chi connectivity index (χ4v) is 1.62. The Morgan fingerprint density at radius 3 is 2.94 bits per heavy atom. The van der Waals surface area contributed by atoms with Crippen molar-refractivity contribution in [1.29, 1.82) is 0 Å². The Hall–Kier alpha value is -1.43. The Morgan fingerprint density at radius 1 is 1.50 bits per heavy atom. The standard InChI is InChI=1S/C10H10BrFN4/c1-16-8(6-14-15-16)5-13-10-3-2-7(11)4-9(10)12/h2-4,6,13H,5H2,1H3. The molecule has 84 valence electrons. The minimum absolute atomic E-state index is 0.287. The van der Waals surface area contributed by atoms with Crippen molar-refractivity contribution in [2.75, 3.05) is 5.32 Å². The normalized spacial score (nSPS) is 10.4. The van der Waals surface area contributed by atoms with Crippen LogP contribution in [-0.2, 0) is 13.6 Å². The molecule has 2 aromatic rings. The average molecular weight is 285 g/mol. The number of halogens is 2. The molecule has 0 saturated carbocycles. The van der Waals surface area contributed by atoms with Crippen LogP contribution in [0.1, 0.15) is 5.69 Å². The van der Waals surface area contributed by atoms with Crippen LogP contribution in [0.25, 0.3) is 0 Å². The number of aryl methyl sites for hydroxylation is 1. The van der Waals surface area contributed by atoms with E-state index in [9.17, 15) is 4.39 Å². The van der Waals surface area contributed by atoms with Crippen molar-refractivity contribution in [1.82, 2.24) is 15.0 Å². The lowest BCUT2D eigenvalue weighted by Gasteiger charge is -2.07. The van der Waals surface area contributed by atoms with Crippen LogP contribution in [0, 0.1) is 5.82 Å². The number of anilines is 1. The Kier molecular flexibility index (Phi) is 3.19. The number of hydrogen-bond donors (Lipinski definition) is 1. The molecular formula is C10H10BrFN4. The minimum atomic E-state index is -0.287. The van der Waals surface area contributed by atoms with Crippen molar-refractivity contribution in [2.45, 2.75) is 6.54 Å². The molecule has 0 saturated heterocycles. The van der Waals surface area contributed by atoms with Crippen molar-refractivity contribution in [3.8, 4) is 0 Å². The largest absolute Gasteiger partial charge is 0.377 e. The number of aromatic nitrogens is 3. The van der Waals surface area contributed by atoms with Crippen molar-refractivity contribution in [3.63, 3.8) is 0 Å². The summed E-state index contributed by atoms with van der Waals surface area (Å²) < 4.78 is 15.8. The number of nitrogens with zero attached hydrogens (tertiary/aromatic N) is 3. The first-order valence-electron chi connectivity index (χ1n) is 4.69. The SMILES string of the molecule is Cn1nncc1CNc1ccc(Br)cc1F. The second kappa shape index (κ2) is 4.61. The Balaban J connectivity index is 2.08. The van der Waals surface area contributed by atoms with Gasteiger partial charge in [-0.3, -0.25) is 4.68 Å². The van der Waals surface area contributed by atoms with Crippen LogP contribution in [0.5, 0.6) is 0 Å². The molecule has 1 aromatic heterocycles. The second-order valence-electron chi connectivity index (χ2n) is 3.33. The van der Waals surface area contributed by atoms with Gasteiger partial charge in [-0.1, -0.05) is 21.1 Å². The molecule has 0 unspecified atom stereocenters. The van der Waals surface area contributed by atoms with Crippen LogP contribution in [0.15, 0.2) is 28.9 Å². The molecule has 0 radical (unpaired) electrons. The Bertz CT molecular complexity index is 497. The fraction of sp³-hybridized carbons (Fsp3) is 0.200. The molecule has 1 N–H and O–H groups in total. The molecule has 0 aliphatic carbocycles. The highest BCUT2D eigenvalue weighted by atomic mass is 79.9. The van der Waals surface area contributed by atoms with E-state index in [4.69, 9.17) is 0 Å². The molecule has 1 aromatic carbocycles. The van der Waals surface area contributed by atoms with Gasteiger partial charge in [0.2, 0.25) is 0 Å². The molecule has 0 aliphatic rings. The van der Waals surface area contributed by atoms with Gasteiger partial charge >= 0.3 is 0 Å². The predicted octanol–water partition coefficient (Wildman–Crippen LogP) is 2.33. The number of hydrogen-bond acceptors (Lipinski definition) is 3. The first kappa shape index (κ1) is 11.1. The summed E-state index contributed by atoms with van der Waals surface area (Å²) >= 11 is 3.21. The molecule has 0 fully saturated rings. The first-order valence-corrected chi connectivity index (χ1v) is 5.48. The molecule has 0 aliphatic heterocycles. The summed E-state index contributed by atoms with van der Waals surface area (Å²) in [6, 6.07) is 4.89. The summed E-state index contributed by atoms with van der Waals surface area (Å²) in [7, 11) is 1.79. The summed E-state index contributed by atoms with van der Waals surface area (Å²) in [5, 5.41) is 10.5. The third-order valence-electron chi connectivity index (χ3n) is 2.20. The summed E-state index contributed by atoms with van der Waals surface area (Å²) in [6.07, 6.45) is 1.64. The second-order valence-corrected chi connectivity index (χ2v) is 4.24. The van der Waals surface area contributed by atoms with Gasteiger partial charge in [0.15, 0.2) is 0 Å². The van der Waals surface area contributed by atoms with E-state index >= 15 is 0 Å². The summed E-state index contributed by atoms with van der Waals surface area (Å²) in [6.45, 7) is 0.488. The summed E-state index contributed by atoms with van der Waals surface area (Å²) in [5.41, 5.74) is 1.35. The van der Waals surface area contributed by atoms with E-state index in [0.717, 1.165) is 10.2 Å². The van der Waals surface area contributed by atoms with Gasteiger partial charge in [0.25, 0.3) is 0 Å². The quantitative estimate of drug-likeness (QED) is 0.941. The summed E-state index contributed by atoms with van der Waals surface area (Å²) in [4.78, 5) is 0. The van der Waals surface area contributed by atoms with Crippen molar-refractivity contribution >= 4 is 21.6 Å².